The van der Waals surface area contributed by atoms with E-state index in [0.29, 0.717) is 31.9 Å². The minimum absolute atomic E-state index is 0.110. The van der Waals surface area contributed by atoms with Crippen LogP contribution in [0.15, 0.2) is 47.5 Å². The number of rotatable bonds is 6. The van der Waals surface area contributed by atoms with Crippen molar-refractivity contribution < 1.29 is 22.0 Å². The van der Waals surface area contributed by atoms with Crippen LogP contribution in [-0.2, 0) is 21.2 Å². The Morgan fingerprint density at radius 2 is 1.89 bits per heavy atom. The molecule has 6 nitrogen and oxygen atoms in total. The number of sulfonamides is 1. The maximum atomic E-state index is 13.4. The predicted molar refractivity (Wildman–Crippen MR) is 98.8 cm³/mol. The molecule has 1 saturated heterocycles. The number of amides is 1. The Morgan fingerprint density at radius 3 is 2.54 bits per heavy atom. The van der Waals surface area contributed by atoms with Gasteiger partial charge in [-0.1, -0.05) is 6.07 Å². The number of aromatic nitrogens is 1. The van der Waals surface area contributed by atoms with E-state index in [9.17, 15) is 22.0 Å². The summed E-state index contributed by atoms with van der Waals surface area (Å²) in [6.45, 7) is 0.766. The summed E-state index contributed by atoms with van der Waals surface area (Å²) in [5.41, 5.74) is 0.884. The SMILES string of the molecule is O=C(NCCc1ccccn1)C1CCN(S(=O)(=O)c2ccc(F)c(F)c2)CC1. The van der Waals surface area contributed by atoms with Crippen molar-refractivity contribution in [3.63, 3.8) is 0 Å². The standard InChI is InChI=1S/C19H21F2N3O3S/c20-17-5-4-16(13-18(17)21)28(26,27)24-11-7-14(8-12-24)19(25)23-10-6-15-3-1-2-9-22-15/h1-5,9,13-14H,6-8,10-12H2,(H,23,25). The van der Waals surface area contributed by atoms with Gasteiger partial charge in [-0.05, 0) is 43.2 Å². The Kier molecular flexibility index (Phi) is 6.35. The summed E-state index contributed by atoms with van der Waals surface area (Å²) in [6.07, 6.45) is 3.06. The zero-order valence-corrected chi connectivity index (χ0v) is 16.0. The number of halogens is 2. The van der Waals surface area contributed by atoms with Crippen molar-refractivity contribution in [2.24, 2.45) is 5.92 Å². The van der Waals surface area contributed by atoms with Crippen LogP contribution in [0.3, 0.4) is 0 Å². The van der Waals surface area contributed by atoms with Crippen LogP contribution in [0.25, 0.3) is 0 Å². The molecule has 3 rings (SSSR count). The number of benzene rings is 1. The van der Waals surface area contributed by atoms with Gasteiger partial charge in [-0.3, -0.25) is 9.78 Å². The lowest BCUT2D eigenvalue weighted by atomic mass is 9.97. The largest absolute Gasteiger partial charge is 0.355 e. The number of carbonyl (C=O) groups excluding carboxylic acids is 1. The van der Waals surface area contributed by atoms with Gasteiger partial charge < -0.3 is 5.32 Å². The fraction of sp³-hybridized carbons (Fsp3) is 0.368. The van der Waals surface area contributed by atoms with E-state index in [1.807, 2.05) is 18.2 Å². The molecule has 0 aliphatic carbocycles. The summed E-state index contributed by atoms with van der Waals surface area (Å²) < 4.78 is 52.8. The van der Waals surface area contributed by atoms with E-state index in [-0.39, 0.29) is 29.8 Å². The molecule has 1 aliphatic rings. The maximum Gasteiger partial charge on any atom is 0.243 e. The van der Waals surface area contributed by atoms with Gasteiger partial charge in [0.1, 0.15) is 0 Å². The number of pyridine rings is 1. The Balaban J connectivity index is 1.52. The van der Waals surface area contributed by atoms with Crippen molar-refractivity contribution >= 4 is 15.9 Å². The predicted octanol–water partition coefficient (Wildman–Crippen LogP) is 2.12. The first-order valence-corrected chi connectivity index (χ1v) is 10.4. The highest BCUT2D eigenvalue weighted by molar-refractivity contribution is 7.89. The van der Waals surface area contributed by atoms with Gasteiger partial charge >= 0.3 is 0 Å². The van der Waals surface area contributed by atoms with Gasteiger partial charge in [0.05, 0.1) is 4.90 Å². The fourth-order valence-electron chi connectivity index (χ4n) is 3.15. The number of nitrogens with zero attached hydrogens (tertiary/aromatic N) is 2. The lowest BCUT2D eigenvalue weighted by Crippen LogP contribution is -2.43. The molecule has 1 fully saturated rings. The van der Waals surface area contributed by atoms with E-state index in [1.54, 1.807) is 6.20 Å². The lowest BCUT2D eigenvalue weighted by molar-refractivity contribution is -0.126. The third kappa shape index (κ3) is 4.71. The number of hydrogen-bond acceptors (Lipinski definition) is 4. The van der Waals surface area contributed by atoms with E-state index >= 15 is 0 Å². The van der Waals surface area contributed by atoms with E-state index in [0.717, 1.165) is 17.8 Å². The quantitative estimate of drug-likeness (QED) is 0.793. The Labute approximate surface area is 162 Å². The lowest BCUT2D eigenvalue weighted by Gasteiger charge is -2.30. The molecule has 9 heteroatoms. The van der Waals surface area contributed by atoms with Crippen molar-refractivity contribution in [2.45, 2.75) is 24.2 Å². The molecule has 150 valence electrons. The van der Waals surface area contributed by atoms with Gasteiger partial charge in [-0.15, -0.1) is 0 Å². The molecule has 2 aromatic rings. The molecule has 1 N–H and O–H groups in total. The second-order valence-corrected chi connectivity index (χ2v) is 8.55. The molecular weight excluding hydrogens is 388 g/mol. The van der Waals surface area contributed by atoms with Gasteiger partial charge in [-0.25, -0.2) is 17.2 Å². The molecule has 28 heavy (non-hydrogen) atoms. The van der Waals surface area contributed by atoms with Crippen molar-refractivity contribution in [3.05, 3.63) is 59.9 Å². The van der Waals surface area contributed by atoms with Gasteiger partial charge in [0, 0.05) is 43.9 Å². The van der Waals surface area contributed by atoms with Crippen molar-refractivity contribution in [3.8, 4) is 0 Å². The molecule has 1 aromatic carbocycles. The van der Waals surface area contributed by atoms with Crippen molar-refractivity contribution in [1.29, 1.82) is 0 Å². The first kappa shape index (κ1) is 20.3. The van der Waals surface area contributed by atoms with Crippen LogP contribution in [0, 0.1) is 17.6 Å². The Bertz CT molecular complexity index is 931. The summed E-state index contributed by atoms with van der Waals surface area (Å²) in [6, 6.07) is 8.11. The van der Waals surface area contributed by atoms with Crippen molar-refractivity contribution in [1.82, 2.24) is 14.6 Å². The van der Waals surface area contributed by atoms with E-state index in [1.165, 1.54) is 4.31 Å². The summed E-state index contributed by atoms with van der Waals surface area (Å²) in [5.74, 6) is -2.69. The molecule has 0 bridgehead atoms. The summed E-state index contributed by atoms with van der Waals surface area (Å²) in [5, 5.41) is 2.86. The molecule has 0 unspecified atom stereocenters. The minimum atomic E-state index is -3.92. The van der Waals surface area contributed by atoms with Crippen molar-refractivity contribution in [2.75, 3.05) is 19.6 Å². The molecule has 0 spiro atoms. The molecule has 1 amide bonds. The van der Waals surface area contributed by atoms with E-state index < -0.39 is 21.7 Å². The first-order valence-electron chi connectivity index (χ1n) is 9.01. The zero-order valence-electron chi connectivity index (χ0n) is 15.1. The molecule has 0 atom stereocenters. The van der Waals surface area contributed by atoms with Gasteiger partial charge in [0.2, 0.25) is 15.9 Å². The molecule has 1 aromatic heterocycles. The number of carbonyl (C=O) groups is 1. The van der Waals surface area contributed by atoms with Crippen LogP contribution >= 0.6 is 0 Å². The van der Waals surface area contributed by atoms with Gasteiger partial charge in [0.25, 0.3) is 0 Å². The average Bonchev–Trinajstić information content (AvgIpc) is 2.71. The zero-order chi connectivity index (χ0) is 20.1. The molecule has 0 saturated carbocycles. The van der Waals surface area contributed by atoms with Gasteiger partial charge in [-0.2, -0.15) is 4.31 Å². The highest BCUT2D eigenvalue weighted by Gasteiger charge is 2.32. The summed E-state index contributed by atoms with van der Waals surface area (Å²) >= 11 is 0. The van der Waals surface area contributed by atoms with Gasteiger partial charge in [0.15, 0.2) is 11.6 Å². The maximum absolute atomic E-state index is 13.4. The molecule has 1 aliphatic heterocycles. The normalized spacial score (nSPS) is 16.1. The minimum Gasteiger partial charge on any atom is -0.355 e. The second-order valence-electron chi connectivity index (χ2n) is 6.62. The third-order valence-electron chi connectivity index (χ3n) is 4.76. The highest BCUT2D eigenvalue weighted by atomic mass is 32.2. The monoisotopic (exact) mass is 409 g/mol. The van der Waals surface area contributed by atoms with Crippen LogP contribution in [0.2, 0.25) is 0 Å². The molecule has 0 radical (unpaired) electrons. The summed E-state index contributed by atoms with van der Waals surface area (Å²) in [7, 11) is -3.92. The number of hydrogen-bond donors (Lipinski definition) is 1. The molecule has 2 heterocycles. The van der Waals surface area contributed by atoms with Crippen LogP contribution in [0.4, 0.5) is 8.78 Å². The number of piperidine rings is 1. The van der Waals surface area contributed by atoms with Crippen LogP contribution < -0.4 is 5.32 Å². The second kappa shape index (κ2) is 8.74. The van der Waals surface area contributed by atoms with E-state index in [2.05, 4.69) is 10.3 Å². The van der Waals surface area contributed by atoms with Crippen LogP contribution in [0.1, 0.15) is 18.5 Å². The van der Waals surface area contributed by atoms with Crippen LogP contribution in [0.5, 0.6) is 0 Å². The average molecular weight is 409 g/mol. The number of nitrogens with one attached hydrogen (secondary N) is 1. The van der Waals surface area contributed by atoms with Crippen LogP contribution in [-0.4, -0.2) is 43.2 Å². The first-order chi connectivity index (χ1) is 13.4. The Morgan fingerprint density at radius 1 is 1.14 bits per heavy atom. The highest BCUT2D eigenvalue weighted by Crippen LogP contribution is 2.25. The topological polar surface area (TPSA) is 79.4 Å². The summed E-state index contributed by atoms with van der Waals surface area (Å²) in [4.78, 5) is 16.2. The fourth-order valence-corrected chi connectivity index (χ4v) is 4.63. The smallest absolute Gasteiger partial charge is 0.243 e. The Hall–Kier alpha value is -2.39. The van der Waals surface area contributed by atoms with E-state index in [4.69, 9.17) is 0 Å². The third-order valence-corrected chi connectivity index (χ3v) is 6.65. The molecular formula is C19H21F2N3O3S.